The minimum absolute atomic E-state index is 0.0231. The SMILES string of the molecule is O=C(O)CC(NC(=O)C(Cc1ccccc1)NC(=O)C(CS)NC(=O)C1CCCN1)C(=O)O. The van der Waals surface area contributed by atoms with Gasteiger partial charge in [-0.25, -0.2) is 4.79 Å². The van der Waals surface area contributed by atoms with E-state index in [4.69, 9.17) is 5.11 Å². The lowest BCUT2D eigenvalue weighted by Crippen LogP contribution is -2.58. The molecule has 1 aromatic carbocycles. The van der Waals surface area contributed by atoms with Crippen molar-refractivity contribution in [3.8, 4) is 0 Å². The third-order valence-electron chi connectivity index (χ3n) is 5.10. The molecule has 0 spiro atoms. The van der Waals surface area contributed by atoms with Gasteiger partial charge in [-0.2, -0.15) is 12.6 Å². The molecule has 1 fully saturated rings. The van der Waals surface area contributed by atoms with E-state index < -0.39 is 54.3 Å². The number of nitrogens with one attached hydrogen (secondary N) is 4. The average molecular weight is 481 g/mol. The summed E-state index contributed by atoms with van der Waals surface area (Å²) in [7, 11) is 0. The molecule has 4 unspecified atom stereocenters. The molecule has 1 heterocycles. The Balaban J connectivity index is 2.13. The number of hydrogen-bond acceptors (Lipinski definition) is 7. The third-order valence-corrected chi connectivity index (χ3v) is 5.47. The van der Waals surface area contributed by atoms with Gasteiger partial charge in [0.1, 0.15) is 18.1 Å². The summed E-state index contributed by atoms with van der Waals surface area (Å²) < 4.78 is 0. The maximum atomic E-state index is 12.8. The summed E-state index contributed by atoms with van der Waals surface area (Å²) in [6.07, 6.45) is 0.689. The zero-order valence-corrected chi connectivity index (χ0v) is 18.7. The summed E-state index contributed by atoms with van der Waals surface area (Å²) in [5, 5.41) is 28.5. The molecule has 1 aliphatic rings. The van der Waals surface area contributed by atoms with Gasteiger partial charge in [0, 0.05) is 12.2 Å². The Morgan fingerprint density at radius 2 is 1.61 bits per heavy atom. The van der Waals surface area contributed by atoms with Gasteiger partial charge in [0.25, 0.3) is 0 Å². The summed E-state index contributed by atoms with van der Waals surface area (Å²) in [4.78, 5) is 60.3. The largest absolute Gasteiger partial charge is 0.481 e. The lowest BCUT2D eigenvalue weighted by Gasteiger charge is -2.24. The lowest BCUT2D eigenvalue weighted by atomic mass is 10.0. The molecule has 6 N–H and O–H groups in total. The molecule has 1 aliphatic heterocycles. The maximum Gasteiger partial charge on any atom is 0.326 e. The Kier molecular flexibility index (Phi) is 10.1. The number of carbonyl (C=O) groups is 5. The van der Waals surface area contributed by atoms with Crippen molar-refractivity contribution in [1.82, 2.24) is 21.3 Å². The molecule has 1 saturated heterocycles. The van der Waals surface area contributed by atoms with Crippen LogP contribution in [0.25, 0.3) is 0 Å². The molecule has 180 valence electrons. The Bertz CT molecular complexity index is 861. The minimum Gasteiger partial charge on any atom is -0.481 e. The van der Waals surface area contributed by atoms with Crippen molar-refractivity contribution in [1.29, 1.82) is 0 Å². The first-order chi connectivity index (χ1) is 15.7. The molecule has 0 saturated carbocycles. The normalized spacial score (nSPS) is 17.9. The van der Waals surface area contributed by atoms with Crippen LogP contribution in [0.4, 0.5) is 0 Å². The van der Waals surface area contributed by atoms with E-state index >= 15 is 0 Å². The first kappa shape index (κ1) is 26.1. The fourth-order valence-electron chi connectivity index (χ4n) is 3.35. The summed E-state index contributed by atoms with van der Waals surface area (Å²) in [5.41, 5.74) is 0.685. The summed E-state index contributed by atoms with van der Waals surface area (Å²) in [6.45, 7) is 0.705. The Morgan fingerprint density at radius 3 is 2.15 bits per heavy atom. The maximum absolute atomic E-state index is 12.8. The van der Waals surface area contributed by atoms with E-state index in [1.807, 2.05) is 0 Å². The van der Waals surface area contributed by atoms with Gasteiger partial charge < -0.3 is 31.5 Å². The van der Waals surface area contributed by atoms with Crippen molar-refractivity contribution in [3.05, 3.63) is 35.9 Å². The van der Waals surface area contributed by atoms with Crippen molar-refractivity contribution in [2.45, 2.75) is 49.9 Å². The van der Waals surface area contributed by atoms with Crippen LogP contribution in [0.2, 0.25) is 0 Å². The molecule has 0 aliphatic carbocycles. The average Bonchev–Trinajstić information content (AvgIpc) is 3.31. The van der Waals surface area contributed by atoms with Crippen LogP contribution in [0.15, 0.2) is 30.3 Å². The number of thiol groups is 1. The Hall–Kier alpha value is -3.12. The monoisotopic (exact) mass is 480 g/mol. The van der Waals surface area contributed by atoms with Crippen LogP contribution < -0.4 is 21.3 Å². The molecular formula is C21H28N4O7S. The van der Waals surface area contributed by atoms with Crippen LogP contribution in [0.1, 0.15) is 24.8 Å². The lowest BCUT2D eigenvalue weighted by molar-refractivity contribution is -0.147. The molecule has 0 radical (unpaired) electrons. The van der Waals surface area contributed by atoms with Crippen LogP contribution >= 0.6 is 12.6 Å². The predicted molar refractivity (Wildman–Crippen MR) is 121 cm³/mol. The fourth-order valence-corrected chi connectivity index (χ4v) is 3.61. The fraction of sp³-hybridized carbons (Fsp3) is 0.476. The Morgan fingerprint density at radius 1 is 0.970 bits per heavy atom. The smallest absolute Gasteiger partial charge is 0.326 e. The number of benzene rings is 1. The van der Waals surface area contributed by atoms with E-state index in [1.165, 1.54) is 0 Å². The van der Waals surface area contributed by atoms with E-state index in [1.54, 1.807) is 30.3 Å². The predicted octanol–water partition coefficient (Wildman–Crippen LogP) is -1.08. The summed E-state index contributed by atoms with van der Waals surface area (Å²) >= 11 is 4.13. The van der Waals surface area contributed by atoms with Crippen LogP contribution in [-0.4, -0.2) is 76.3 Å². The van der Waals surface area contributed by atoms with Gasteiger partial charge in [-0.1, -0.05) is 30.3 Å². The molecule has 33 heavy (non-hydrogen) atoms. The van der Waals surface area contributed by atoms with Gasteiger partial charge >= 0.3 is 11.9 Å². The van der Waals surface area contributed by atoms with Gasteiger partial charge in [-0.05, 0) is 24.9 Å². The highest BCUT2D eigenvalue weighted by Crippen LogP contribution is 2.07. The molecule has 1 aromatic rings. The van der Waals surface area contributed by atoms with Crippen molar-refractivity contribution >= 4 is 42.3 Å². The highest BCUT2D eigenvalue weighted by Gasteiger charge is 2.31. The van der Waals surface area contributed by atoms with E-state index in [2.05, 4.69) is 33.9 Å². The van der Waals surface area contributed by atoms with Gasteiger partial charge in [0.15, 0.2) is 0 Å². The quantitative estimate of drug-likeness (QED) is 0.185. The van der Waals surface area contributed by atoms with Crippen molar-refractivity contribution in [2.24, 2.45) is 0 Å². The molecule has 3 amide bonds. The number of hydrogen-bond donors (Lipinski definition) is 7. The highest BCUT2D eigenvalue weighted by molar-refractivity contribution is 7.80. The molecule has 2 rings (SSSR count). The number of carbonyl (C=O) groups excluding carboxylic acids is 3. The van der Waals surface area contributed by atoms with Gasteiger partial charge in [0.05, 0.1) is 12.5 Å². The number of amides is 3. The second kappa shape index (κ2) is 12.8. The summed E-state index contributed by atoms with van der Waals surface area (Å²) in [5.74, 6) is -4.82. The molecule has 4 atom stereocenters. The molecule has 12 heteroatoms. The number of carboxylic acids is 2. The van der Waals surface area contributed by atoms with Gasteiger partial charge in [0.2, 0.25) is 17.7 Å². The topological polar surface area (TPSA) is 174 Å². The minimum atomic E-state index is -1.67. The van der Waals surface area contributed by atoms with Crippen molar-refractivity contribution < 1.29 is 34.2 Å². The highest BCUT2D eigenvalue weighted by atomic mass is 32.1. The van der Waals surface area contributed by atoms with E-state index in [0.717, 1.165) is 6.42 Å². The standard InChI is InChI=1S/C21H28N4O7S/c26-17(27)10-15(21(31)32)24-19(29)14(9-12-5-2-1-3-6-12)23-20(30)16(11-33)25-18(28)13-7-4-8-22-13/h1-3,5-6,13-16,22,33H,4,7-11H2,(H,23,30)(H,24,29)(H,25,28)(H,26,27)(H,31,32). The molecular weight excluding hydrogens is 452 g/mol. The van der Waals surface area contributed by atoms with E-state index in [0.29, 0.717) is 18.5 Å². The zero-order chi connectivity index (χ0) is 24.4. The van der Waals surface area contributed by atoms with E-state index in [-0.39, 0.29) is 18.1 Å². The first-order valence-electron chi connectivity index (χ1n) is 10.4. The first-order valence-corrected chi connectivity index (χ1v) is 11.1. The Labute approximate surface area is 196 Å². The van der Waals surface area contributed by atoms with Crippen molar-refractivity contribution in [2.75, 3.05) is 12.3 Å². The summed E-state index contributed by atoms with van der Waals surface area (Å²) in [6, 6.07) is 4.39. The molecule has 11 nitrogen and oxygen atoms in total. The second-order valence-corrected chi connectivity index (χ2v) is 8.01. The number of aliphatic carboxylic acids is 2. The van der Waals surface area contributed by atoms with E-state index in [9.17, 15) is 29.1 Å². The zero-order valence-electron chi connectivity index (χ0n) is 17.8. The van der Waals surface area contributed by atoms with Crippen LogP contribution in [0, 0.1) is 0 Å². The molecule has 0 bridgehead atoms. The van der Waals surface area contributed by atoms with Crippen molar-refractivity contribution in [3.63, 3.8) is 0 Å². The van der Waals surface area contributed by atoms with Gasteiger partial charge in [-0.15, -0.1) is 0 Å². The second-order valence-electron chi connectivity index (χ2n) is 7.64. The van der Waals surface area contributed by atoms with Crippen LogP contribution in [0.5, 0.6) is 0 Å². The number of carboxylic acid groups (broad SMARTS) is 2. The van der Waals surface area contributed by atoms with Crippen LogP contribution in [0.3, 0.4) is 0 Å². The van der Waals surface area contributed by atoms with Gasteiger partial charge in [-0.3, -0.25) is 19.2 Å². The third kappa shape index (κ3) is 8.39. The molecule has 0 aromatic heterocycles. The number of rotatable bonds is 12. The van der Waals surface area contributed by atoms with Crippen LogP contribution in [-0.2, 0) is 30.4 Å².